The maximum atomic E-state index is 11.9. The summed E-state index contributed by atoms with van der Waals surface area (Å²) < 4.78 is 6.89. The summed E-state index contributed by atoms with van der Waals surface area (Å²) in [4.78, 5) is 17.2. The van der Waals surface area contributed by atoms with E-state index in [9.17, 15) is 4.79 Å². The van der Waals surface area contributed by atoms with Gasteiger partial charge in [0.2, 0.25) is 0 Å². The molecule has 102 valence electrons. The number of aromatic nitrogens is 3. The first-order valence-corrected chi connectivity index (χ1v) is 7.73. The monoisotopic (exact) mass is 305 g/mol. The van der Waals surface area contributed by atoms with Gasteiger partial charge in [-0.05, 0) is 17.5 Å². The van der Waals surface area contributed by atoms with Crippen LogP contribution >= 0.6 is 22.7 Å². The van der Waals surface area contributed by atoms with Crippen LogP contribution in [0.3, 0.4) is 0 Å². The van der Waals surface area contributed by atoms with Gasteiger partial charge in [-0.1, -0.05) is 6.07 Å². The fourth-order valence-electron chi connectivity index (χ4n) is 1.62. The molecule has 0 aliphatic carbocycles. The van der Waals surface area contributed by atoms with Crippen LogP contribution in [0.5, 0.6) is 0 Å². The highest BCUT2D eigenvalue weighted by atomic mass is 32.1. The second kappa shape index (κ2) is 5.98. The minimum atomic E-state index is -0.392. The van der Waals surface area contributed by atoms with E-state index in [-0.39, 0.29) is 6.61 Å². The molecule has 3 aromatic rings. The summed E-state index contributed by atoms with van der Waals surface area (Å²) in [6.07, 6.45) is 3.52. The number of hydrogen-bond acceptors (Lipinski definition) is 6. The standard InChI is InChI=1S/C13H11N3O2S2/c17-13(18-7-6-16-5-2-4-14-16)10-9-20-12(15-10)11-3-1-8-19-11/h1-5,8-9H,6-7H2. The summed E-state index contributed by atoms with van der Waals surface area (Å²) in [5.41, 5.74) is 0.360. The summed E-state index contributed by atoms with van der Waals surface area (Å²) in [6.45, 7) is 0.826. The number of carbonyl (C=O) groups is 1. The molecule has 0 aliphatic heterocycles. The fraction of sp³-hybridized carbons (Fsp3) is 0.154. The van der Waals surface area contributed by atoms with Crippen LogP contribution in [0.2, 0.25) is 0 Å². The zero-order valence-corrected chi connectivity index (χ0v) is 12.1. The predicted octanol–water partition coefficient (Wildman–Crippen LogP) is 2.93. The molecule has 7 heteroatoms. The number of thiophene rings is 1. The van der Waals surface area contributed by atoms with Crippen LogP contribution in [0.25, 0.3) is 9.88 Å². The number of nitrogens with zero attached hydrogens (tertiary/aromatic N) is 3. The molecule has 0 spiro atoms. The van der Waals surface area contributed by atoms with Gasteiger partial charge >= 0.3 is 5.97 Å². The Labute approximate surface area is 123 Å². The van der Waals surface area contributed by atoms with E-state index in [0.717, 1.165) is 9.88 Å². The van der Waals surface area contributed by atoms with Crippen molar-refractivity contribution >= 4 is 28.6 Å². The van der Waals surface area contributed by atoms with Crippen molar-refractivity contribution in [1.82, 2.24) is 14.8 Å². The molecule has 20 heavy (non-hydrogen) atoms. The molecule has 5 nitrogen and oxygen atoms in total. The van der Waals surface area contributed by atoms with Crippen molar-refractivity contribution in [3.05, 3.63) is 47.0 Å². The number of rotatable bonds is 5. The smallest absolute Gasteiger partial charge is 0.357 e. The highest BCUT2D eigenvalue weighted by Crippen LogP contribution is 2.27. The maximum Gasteiger partial charge on any atom is 0.357 e. The van der Waals surface area contributed by atoms with Crippen LogP contribution in [0.1, 0.15) is 10.5 Å². The Kier molecular flexibility index (Phi) is 3.89. The van der Waals surface area contributed by atoms with Gasteiger partial charge < -0.3 is 4.74 Å². The Morgan fingerprint density at radius 3 is 3.05 bits per heavy atom. The predicted molar refractivity (Wildman–Crippen MR) is 77.9 cm³/mol. The second-order valence-electron chi connectivity index (χ2n) is 3.92. The molecule has 0 amide bonds. The SMILES string of the molecule is O=C(OCCn1cccn1)c1csc(-c2cccs2)n1. The molecule has 0 N–H and O–H groups in total. The number of hydrogen-bond donors (Lipinski definition) is 0. The van der Waals surface area contributed by atoms with Gasteiger partial charge in [0, 0.05) is 17.8 Å². The van der Waals surface area contributed by atoms with Crippen molar-refractivity contribution < 1.29 is 9.53 Å². The fourth-order valence-corrected chi connectivity index (χ4v) is 3.22. The average molecular weight is 305 g/mol. The molecule has 0 saturated heterocycles. The van der Waals surface area contributed by atoms with Gasteiger partial charge in [0.15, 0.2) is 5.69 Å². The van der Waals surface area contributed by atoms with Crippen molar-refractivity contribution in [2.24, 2.45) is 0 Å². The molecule has 0 aromatic carbocycles. The van der Waals surface area contributed by atoms with E-state index in [4.69, 9.17) is 4.74 Å². The Morgan fingerprint density at radius 1 is 1.35 bits per heavy atom. The van der Waals surface area contributed by atoms with Crippen molar-refractivity contribution in [2.45, 2.75) is 6.54 Å². The molecule has 0 atom stereocenters. The Balaban J connectivity index is 1.57. The van der Waals surface area contributed by atoms with E-state index in [1.165, 1.54) is 11.3 Å². The van der Waals surface area contributed by atoms with Crippen LogP contribution in [0.4, 0.5) is 0 Å². The Hall–Kier alpha value is -1.99. The molecule has 0 unspecified atom stereocenters. The first kappa shape index (κ1) is 13.0. The van der Waals surface area contributed by atoms with Crippen LogP contribution < -0.4 is 0 Å². The normalized spacial score (nSPS) is 10.6. The van der Waals surface area contributed by atoms with E-state index < -0.39 is 5.97 Å². The van der Waals surface area contributed by atoms with Crippen LogP contribution in [-0.4, -0.2) is 27.3 Å². The van der Waals surface area contributed by atoms with Gasteiger partial charge in [-0.2, -0.15) is 5.10 Å². The van der Waals surface area contributed by atoms with Crippen LogP contribution in [0.15, 0.2) is 41.4 Å². The molecule has 0 fully saturated rings. The molecular formula is C13H11N3O2S2. The molecule has 0 saturated carbocycles. The Morgan fingerprint density at radius 2 is 2.30 bits per heavy atom. The number of thiazole rings is 1. The summed E-state index contributed by atoms with van der Waals surface area (Å²) in [7, 11) is 0. The first-order chi connectivity index (χ1) is 9.83. The molecule has 0 radical (unpaired) electrons. The van der Waals surface area contributed by atoms with Crippen LogP contribution in [-0.2, 0) is 11.3 Å². The number of esters is 1. The number of ether oxygens (including phenoxy) is 1. The third kappa shape index (κ3) is 2.94. The third-order valence-electron chi connectivity index (χ3n) is 2.56. The maximum absolute atomic E-state index is 11.9. The lowest BCUT2D eigenvalue weighted by Crippen LogP contribution is -2.12. The van der Waals surface area contributed by atoms with Gasteiger partial charge in [-0.25, -0.2) is 9.78 Å². The lowest BCUT2D eigenvalue weighted by atomic mass is 10.4. The molecule has 3 rings (SSSR count). The minimum Gasteiger partial charge on any atom is -0.459 e. The third-order valence-corrected chi connectivity index (χ3v) is 4.44. The first-order valence-electron chi connectivity index (χ1n) is 5.97. The highest BCUT2D eigenvalue weighted by Gasteiger charge is 2.13. The van der Waals surface area contributed by atoms with Crippen LogP contribution in [0, 0.1) is 0 Å². The molecular weight excluding hydrogens is 294 g/mol. The molecule has 3 aromatic heterocycles. The van der Waals surface area contributed by atoms with E-state index in [2.05, 4.69) is 10.1 Å². The summed E-state index contributed by atoms with van der Waals surface area (Å²) >= 11 is 3.05. The lowest BCUT2D eigenvalue weighted by molar-refractivity contribution is 0.0482. The zero-order chi connectivity index (χ0) is 13.8. The molecule has 0 aliphatic rings. The van der Waals surface area contributed by atoms with Crippen molar-refractivity contribution in [3.63, 3.8) is 0 Å². The quantitative estimate of drug-likeness (QED) is 0.680. The Bertz CT molecular complexity index is 674. The largest absolute Gasteiger partial charge is 0.459 e. The summed E-state index contributed by atoms with van der Waals surface area (Å²) in [5, 5.41) is 8.60. The van der Waals surface area contributed by atoms with Gasteiger partial charge in [0.1, 0.15) is 11.6 Å². The van der Waals surface area contributed by atoms with Gasteiger partial charge in [-0.15, -0.1) is 22.7 Å². The molecule has 0 bridgehead atoms. The van der Waals surface area contributed by atoms with Crippen molar-refractivity contribution in [2.75, 3.05) is 6.61 Å². The average Bonchev–Trinajstić information content (AvgIpc) is 3.20. The zero-order valence-electron chi connectivity index (χ0n) is 10.4. The van der Waals surface area contributed by atoms with Gasteiger partial charge in [0.05, 0.1) is 11.4 Å². The summed E-state index contributed by atoms with van der Waals surface area (Å²) in [5.74, 6) is -0.392. The van der Waals surface area contributed by atoms with Crippen molar-refractivity contribution in [3.8, 4) is 9.88 Å². The van der Waals surface area contributed by atoms with Gasteiger partial charge in [-0.3, -0.25) is 4.68 Å². The van der Waals surface area contributed by atoms with E-state index in [1.54, 1.807) is 27.6 Å². The molecule has 3 heterocycles. The lowest BCUT2D eigenvalue weighted by Gasteiger charge is -2.02. The second-order valence-corrected chi connectivity index (χ2v) is 5.73. The number of carbonyl (C=O) groups excluding carboxylic acids is 1. The van der Waals surface area contributed by atoms with Gasteiger partial charge in [0.25, 0.3) is 0 Å². The van der Waals surface area contributed by atoms with Crippen molar-refractivity contribution in [1.29, 1.82) is 0 Å². The topological polar surface area (TPSA) is 57.0 Å². The van der Waals surface area contributed by atoms with E-state index >= 15 is 0 Å². The summed E-state index contributed by atoms with van der Waals surface area (Å²) in [6, 6.07) is 5.77. The van der Waals surface area contributed by atoms with E-state index in [1.807, 2.05) is 29.8 Å². The minimum absolute atomic E-state index is 0.284. The highest BCUT2D eigenvalue weighted by molar-refractivity contribution is 7.20. The van der Waals surface area contributed by atoms with E-state index in [0.29, 0.717) is 12.2 Å².